The van der Waals surface area contributed by atoms with Crippen molar-refractivity contribution >= 4 is 5.82 Å². The molecule has 0 radical (unpaired) electrons. The molecule has 0 aliphatic carbocycles. The lowest BCUT2D eigenvalue weighted by Crippen LogP contribution is -2.47. The summed E-state index contributed by atoms with van der Waals surface area (Å²) < 4.78 is 5.08. The molecule has 1 aliphatic rings. The van der Waals surface area contributed by atoms with Crippen LogP contribution in [0.5, 0.6) is 0 Å². The largest absolute Gasteiger partial charge is 0.383 e. The molecule has 96 valence electrons. The van der Waals surface area contributed by atoms with Crippen molar-refractivity contribution < 1.29 is 4.74 Å². The van der Waals surface area contributed by atoms with Gasteiger partial charge in [-0.25, -0.2) is 4.98 Å². The number of nitrogens with zero attached hydrogens (tertiary/aromatic N) is 4. The van der Waals surface area contributed by atoms with E-state index in [1.54, 1.807) is 19.4 Å². The fraction of sp³-hybridized carbons (Fsp3) is 0.538. The molecule has 5 heteroatoms. The molecule has 2 rings (SSSR count). The Kier molecular flexibility index (Phi) is 4.51. The number of nitriles is 1. The number of pyridine rings is 1. The first kappa shape index (κ1) is 12.8. The molecule has 1 saturated heterocycles. The highest BCUT2D eigenvalue weighted by Crippen LogP contribution is 2.17. The van der Waals surface area contributed by atoms with E-state index < -0.39 is 0 Å². The number of hydrogen-bond donors (Lipinski definition) is 0. The second-order valence-electron chi connectivity index (χ2n) is 4.31. The first-order valence-corrected chi connectivity index (χ1v) is 6.16. The number of hydrogen-bond acceptors (Lipinski definition) is 5. The fourth-order valence-electron chi connectivity index (χ4n) is 2.14. The molecule has 5 nitrogen and oxygen atoms in total. The molecule has 2 heterocycles. The Morgan fingerprint density at radius 2 is 2.17 bits per heavy atom. The highest BCUT2D eigenvalue weighted by Gasteiger charge is 2.19. The number of piperazine rings is 1. The zero-order valence-corrected chi connectivity index (χ0v) is 10.7. The van der Waals surface area contributed by atoms with Gasteiger partial charge >= 0.3 is 0 Å². The molecule has 1 aromatic rings. The molecule has 1 fully saturated rings. The zero-order chi connectivity index (χ0) is 12.8. The molecule has 1 aromatic heterocycles. The van der Waals surface area contributed by atoms with Gasteiger partial charge in [0.05, 0.1) is 12.2 Å². The Hall–Kier alpha value is -1.64. The van der Waals surface area contributed by atoms with E-state index >= 15 is 0 Å². The Bertz CT molecular complexity index is 421. The lowest BCUT2D eigenvalue weighted by molar-refractivity contribution is 0.144. The molecule has 1 aliphatic heterocycles. The minimum absolute atomic E-state index is 0.655. The maximum absolute atomic E-state index is 9.07. The lowest BCUT2D eigenvalue weighted by Gasteiger charge is -2.35. The van der Waals surface area contributed by atoms with Gasteiger partial charge in [-0.1, -0.05) is 0 Å². The summed E-state index contributed by atoms with van der Waals surface area (Å²) in [7, 11) is 1.73. The predicted octanol–water partition coefficient (Wildman–Crippen LogP) is 0.722. The van der Waals surface area contributed by atoms with Gasteiger partial charge in [0.1, 0.15) is 11.9 Å². The van der Waals surface area contributed by atoms with Crippen LogP contribution < -0.4 is 4.90 Å². The summed E-state index contributed by atoms with van der Waals surface area (Å²) in [6.45, 7) is 5.55. The maximum atomic E-state index is 9.07. The fourth-order valence-corrected chi connectivity index (χ4v) is 2.14. The van der Waals surface area contributed by atoms with Crippen LogP contribution in [-0.2, 0) is 4.74 Å². The van der Waals surface area contributed by atoms with Gasteiger partial charge in [0, 0.05) is 46.0 Å². The van der Waals surface area contributed by atoms with Crippen molar-refractivity contribution in [2.45, 2.75) is 0 Å². The molecule has 0 bridgehead atoms. The van der Waals surface area contributed by atoms with Crippen molar-refractivity contribution in [1.29, 1.82) is 5.26 Å². The second kappa shape index (κ2) is 6.34. The molecule has 0 atom stereocenters. The topological polar surface area (TPSA) is 52.4 Å². The van der Waals surface area contributed by atoms with Crippen molar-refractivity contribution in [3.8, 4) is 6.07 Å². The first-order chi connectivity index (χ1) is 8.85. The van der Waals surface area contributed by atoms with Crippen molar-refractivity contribution in [2.75, 3.05) is 51.3 Å². The molecule has 0 saturated carbocycles. The van der Waals surface area contributed by atoms with Gasteiger partial charge in [0.25, 0.3) is 0 Å². The molecule has 0 spiro atoms. The highest BCUT2D eigenvalue weighted by atomic mass is 16.5. The van der Waals surface area contributed by atoms with E-state index in [2.05, 4.69) is 20.9 Å². The minimum Gasteiger partial charge on any atom is -0.383 e. The zero-order valence-electron chi connectivity index (χ0n) is 10.7. The smallest absolute Gasteiger partial charge is 0.146 e. The average molecular weight is 246 g/mol. The Morgan fingerprint density at radius 3 is 2.83 bits per heavy atom. The van der Waals surface area contributed by atoms with Crippen molar-refractivity contribution in [3.05, 3.63) is 23.9 Å². The van der Waals surface area contributed by atoms with E-state index in [9.17, 15) is 0 Å². The summed E-state index contributed by atoms with van der Waals surface area (Å²) in [4.78, 5) is 8.87. The first-order valence-electron chi connectivity index (χ1n) is 6.16. The third-order valence-electron chi connectivity index (χ3n) is 3.19. The van der Waals surface area contributed by atoms with Crippen molar-refractivity contribution in [2.24, 2.45) is 0 Å². The van der Waals surface area contributed by atoms with Gasteiger partial charge in [0.15, 0.2) is 0 Å². The molecule has 0 amide bonds. The number of ether oxygens (including phenoxy) is 1. The monoisotopic (exact) mass is 246 g/mol. The van der Waals surface area contributed by atoms with Crippen LogP contribution in [-0.4, -0.2) is 56.3 Å². The lowest BCUT2D eigenvalue weighted by atomic mass is 10.2. The summed E-state index contributed by atoms with van der Waals surface area (Å²) in [5, 5.41) is 9.07. The van der Waals surface area contributed by atoms with Crippen LogP contribution in [0.4, 0.5) is 5.82 Å². The SMILES string of the molecule is COCCN1CCN(c2ncccc2C#N)CC1. The maximum Gasteiger partial charge on any atom is 0.146 e. The summed E-state index contributed by atoms with van der Waals surface area (Å²) in [5.41, 5.74) is 0.655. The molecular weight excluding hydrogens is 228 g/mol. The van der Waals surface area contributed by atoms with E-state index in [0.717, 1.165) is 45.1 Å². The number of methoxy groups -OCH3 is 1. The van der Waals surface area contributed by atoms with Crippen molar-refractivity contribution in [1.82, 2.24) is 9.88 Å². The Balaban J connectivity index is 1.95. The minimum atomic E-state index is 0.655. The van der Waals surface area contributed by atoms with Gasteiger partial charge in [0.2, 0.25) is 0 Å². The van der Waals surface area contributed by atoms with Crippen LogP contribution >= 0.6 is 0 Å². The Morgan fingerprint density at radius 1 is 1.39 bits per heavy atom. The number of anilines is 1. The van der Waals surface area contributed by atoms with Crippen LogP contribution in [0.2, 0.25) is 0 Å². The van der Waals surface area contributed by atoms with Gasteiger partial charge in [-0.2, -0.15) is 5.26 Å². The van der Waals surface area contributed by atoms with Gasteiger partial charge < -0.3 is 9.64 Å². The van der Waals surface area contributed by atoms with E-state index in [4.69, 9.17) is 10.00 Å². The Labute approximate surface area is 108 Å². The molecule has 0 unspecified atom stereocenters. The molecule has 18 heavy (non-hydrogen) atoms. The second-order valence-corrected chi connectivity index (χ2v) is 4.31. The summed E-state index contributed by atoms with van der Waals surface area (Å²) in [6, 6.07) is 5.82. The van der Waals surface area contributed by atoms with Crippen LogP contribution in [0, 0.1) is 11.3 Å². The van der Waals surface area contributed by atoms with E-state index in [1.165, 1.54) is 0 Å². The van der Waals surface area contributed by atoms with Crippen LogP contribution in [0.1, 0.15) is 5.56 Å². The van der Waals surface area contributed by atoms with E-state index in [1.807, 2.05) is 6.07 Å². The third kappa shape index (κ3) is 2.97. The van der Waals surface area contributed by atoms with Gasteiger partial charge in [-0.3, -0.25) is 4.90 Å². The summed E-state index contributed by atoms with van der Waals surface area (Å²) in [6.07, 6.45) is 1.74. The standard InChI is InChI=1S/C13H18N4O/c1-18-10-9-16-5-7-17(8-6-16)13-12(11-14)3-2-4-15-13/h2-4H,5-10H2,1H3. The number of aromatic nitrogens is 1. The average Bonchev–Trinajstić information content (AvgIpc) is 2.45. The highest BCUT2D eigenvalue weighted by molar-refractivity contribution is 5.53. The van der Waals surface area contributed by atoms with Crippen LogP contribution in [0.25, 0.3) is 0 Å². The van der Waals surface area contributed by atoms with Gasteiger partial charge in [-0.05, 0) is 12.1 Å². The normalized spacial score (nSPS) is 16.6. The summed E-state index contributed by atoms with van der Waals surface area (Å²) in [5.74, 6) is 0.811. The van der Waals surface area contributed by atoms with Crippen molar-refractivity contribution in [3.63, 3.8) is 0 Å². The third-order valence-corrected chi connectivity index (χ3v) is 3.19. The molecule has 0 N–H and O–H groups in total. The van der Waals surface area contributed by atoms with E-state index in [0.29, 0.717) is 5.56 Å². The molecule has 0 aromatic carbocycles. The summed E-state index contributed by atoms with van der Waals surface area (Å²) >= 11 is 0. The molecular formula is C13H18N4O. The van der Waals surface area contributed by atoms with Gasteiger partial charge in [-0.15, -0.1) is 0 Å². The van der Waals surface area contributed by atoms with Crippen LogP contribution in [0.15, 0.2) is 18.3 Å². The number of rotatable bonds is 4. The van der Waals surface area contributed by atoms with E-state index in [-0.39, 0.29) is 0 Å². The quantitative estimate of drug-likeness (QED) is 0.783. The predicted molar refractivity (Wildman–Crippen MR) is 69.5 cm³/mol. The van der Waals surface area contributed by atoms with Crippen LogP contribution in [0.3, 0.4) is 0 Å².